The van der Waals surface area contributed by atoms with Gasteiger partial charge < -0.3 is 15.0 Å². The normalized spacial score (nSPS) is 20.0. The molecule has 0 aromatic carbocycles. The van der Waals surface area contributed by atoms with Crippen molar-refractivity contribution in [2.24, 2.45) is 5.92 Å². The molecule has 2 heterocycles. The van der Waals surface area contributed by atoms with Crippen molar-refractivity contribution in [1.82, 2.24) is 10.2 Å². The van der Waals surface area contributed by atoms with E-state index in [2.05, 4.69) is 10.2 Å². The Hall–Kier alpha value is -0.620. The van der Waals surface area contributed by atoms with Crippen LogP contribution in [0.2, 0.25) is 5.02 Å². The highest BCUT2D eigenvalue weighted by Crippen LogP contribution is 2.22. The highest BCUT2D eigenvalue weighted by atomic mass is 35.5. The van der Waals surface area contributed by atoms with Crippen LogP contribution in [-0.4, -0.2) is 50.7 Å². The standard InChI is InChI=1S/C14H21ClN2O2S/c1-19-7-6-17-5-2-3-11(10-17)9-16-14(18)13-12(15)4-8-20-13/h4,8,11H,2-3,5-7,9-10H2,1H3,(H,16,18)/t11-/m1/s1. The van der Waals surface area contributed by atoms with E-state index in [-0.39, 0.29) is 5.91 Å². The molecule has 20 heavy (non-hydrogen) atoms. The summed E-state index contributed by atoms with van der Waals surface area (Å²) >= 11 is 7.35. The average molecular weight is 317 g/mol. The maximum Gasteiger partial charge on any atom is 0.262 e. The molecule has 1 amide bonds. The third kappa shape index (κ3) is 4.45. The maximum absolute atomic E-state index is 12.0. The third-order valence-electron chi connectivity index (χ3n) is 3.59. The van der Waals surface area contributed by atoms with Crippen molar-refractivity contribution in [3.05, 3.63) is 21.3 Å². The van der Waals surface area contributed by atoms with Crippen molar-refractivity contribution in [2.45, 2.75) is 12.8 Å². The van der Waals surface area contributed by atoms with E-state index in [1.165, 1.54) is 24.2 Å². The molecule has 1 N–H and O–H groups in total. The predicted molar refractivity (Wildman–Crippen MR) is 82.7 cm³/mol. The number of hydrogen-bond acceptors (Lipinski definition) is 4. The fourth-order valence-electron chi connectivity index (χ4n) is 2.51. The van der Waals surface area contributed by atoms with Gasteiger partial charge in [0.25, 0.3) is 5.91 Å². The number of ether oxygens (including phenoxy) is 1. The first-order valence-corrected chi connectivity index (χ1v) is 8.19. The van der Waals surface area contributed by atoms with E-state index in [4.69, 9.17) is 16.3 Å². The highest BCUT2D eigenvalue weighted by molar-refractivity contribution is 7.12. The van der Waals surface area contributed by atoms with Crippen molar-refractivity contribution in [2.75, 3.05) is 39.9 Å². The summed E-state index contributed by atoms with van der Waals surface area (Å²) in [6.45, 7) is 4.62. The molecule has 1 fully saturated rings. The van der Waals surface area contributed by atoms with Crippen LogP contribution in [-0.2, 0) is 4.74 Å². The maximum atomic E-state index is 12.0. The number of methoxy groups -OCH3 is 1. The first-order chi connectivity index (χ1) is 9.70. The van der Waals surface area contributed by atoms with Crippen LogP contribution in [0.5, 0.6) is 0 Å². The fraction of sp³-hybridized carbons (Fsp3) is 0.643. The second-order valence-electron chi connectivity index (χ2n) is 5.11. The van der Waals surface area contributed by atoms with Gasteiger partial charge in [0.05, 0.1) is 11.6 Å². The van der Waals surface area contributed by atoms with Crippen LogP contribution in [0.15, 0.2) is 11.4 Å². The molecule has 2 rings (SSSR count). The van der Waals surface area contributed by atoms with Crippen LogP contribution >= 0.6 is 22.9 Å². The van der Waals surface area contributed by atoms with Crippen LogP contribution in [0, 0.1) is 5.92 Å². The van der Waals surface area contributed by atoms with Gasteiger partial charge in [-0.3, -0.25) is 4.79 Å². The second-order valence-corrected chi connectivity index (χ2v) is 6.43. The second kappa shape index (κ2) is 7.98. The summed E-state index contributed by atoms with van der Waals surface area (Å²) in [5.41, 5.74) is 0. The number of halogens is 1. The Morgan fingerprint density at radius 2 is 2.50 bits per heavy atom. The molecule has 1 saturated heterocycles. The molecule has 0 spiro atoms. The molecule has 1 aromatic heterocycles. The zero-order chi connectivity index (χ0) is 14.4. The van der Waals surface area contributed by atoms with Crippen molar-refractivity contribution in [3.63, 3.8) is 0 Å². The van der Waals surface area contributed by atoms with E-state index in [0.717, 1.165) is 32.8 Å². The molecule has 1 atom stereocenters. The molecule has 0 unspecified atom stereocenters. The predicted octanol–water partition coefficient (Wildman–Crippen LogP) is 2.49. The lowest BCUT2D eigenvalue weighted by atomic mass is 9.98. The number of rotatable bonds is 6. The minimum Gasteiger partial charge on any atom is -0.383 e. The number of thiophene rings is 1. The number of nitrogens with zero attached hydrogens (tertiary/aromatic N) is 1. The molecule has 1 aromatic rings. The van der Waals surface area contributed by atoms with Crippen LogP contribution < -0.4 is 5.32 Å². The Labute approximate surface area is 129 Å². The Kier molecular flexibility index (Phi) is 6.29. The number of hydrogen-bond donors (Lipinski definition) is 1. The van der Waals surface area contributed by atoms with Gasteiger partial charge in [-0.15, -0.1) is 11.3 Å². The molecular formula is C14H21ClN2O2S. The van der Waals surface area contributed by atoms with E-state index in [1.54, 1.807) is 13.2 Å². The van der Waals surface area contributed by atoms with E-state index in [9.17, 15) is 4.79 Å². The van der Waals surface area contributed by atoms with E-state index in [1.807, 2.05) is 5.38 Å². The zero-order valence-electron chi connectivity index (χ0n) is 11.7. The summed E-state index contributed by atoms with van der Waals surface area (Å²) in [5.74, 6) is 0.460. The van der Waals surface area contributed by atoms with E-state index < -0.39 is 0 Å². The Morgan fingerprint density at radius 1 is 1.65 bits per heavy atom. The molecule has 6 heteroatoms. The molecular weight excluding hydrogens is 296 g/mol. The van der Waals surface area contributed by atoms with Gasteiger partial charge in [0.15, 0.2) is 0 Å². The molecule has 0 aliphatic carbocycles. The van der Waals surface area contributed by atoms with Crippen LogP contribution in [0.4, 0.5) is 0 Å². The summed E-state index contributed by atoms with van der Waals surface area (Å²) in [7, 11) is 1.73. The van der Waals surface area contributed by atoms with E-state index in [0.29, 0.717) is 15.8 Å². The van der Waals surface area contributed by atoms with Gasteiger partial charge >= 0.3 is 0 Å². The smallest absolute Gasteiger partial charge is 0.262 e. The molecule has 4 nitrogen and oxygen atoms in total. The fourth-order valence-corrected chi connectivity index (χ4v) is 3.57. The zero-order valence-corrected chi connectivity index (χ0v) is 13.3. The first-order valence-electron chi connectivity index (χ1n) is 6.93. The van der Waals surface area contributed by atoms with Gasteiger partial charge in [-0.25, -0.2) is 0 Å². The van der Waals surface area contributed by atoms with Gasteiger partial charge in [0.1, 0.15) is 4.88 Å². The summed E-state index contributed by atoms with van der Waals surface area (Å²) in [5, 5.41) is 5.38. The monoisotopic (exact) mass is 316 g/mol. The van der Waals surface area contributed by atoms with Crippen LogP contribution in [0.3, 0.4) is 0 Å². The van der Waals surface area contributed by atoms with Gasteiger partial charge in [-0.2, -0.15) is 0 Å². The number of carbonyl (C=O) groups excluding carboxylic acids is 1. The lowest BCUT2D eigenvalue weighted by Gasteiger charge is -2.32. The number of piperidine rings is 1. The molecule has 0 bridgehead atoms. The van der Waals surface area contributed by atoms with Crippen molar-refractivity contribution < 1.29 is 9.53 Å². The van der Waals surface area contributed by atoms with Gasteiger partial charge in [0, 0.05) is 26.7 Å². The lowest BCUT2D eigenvalue weighted by Crippen LogP contribution is -2.42. The van der Waals surface area contributed by atoms with E-state index >= 15 is 0 Å². The summed E-state index contributed by atoms with van der Waals surface area (Å²) in [6.07, 6.45) is 2.35. The Bertz CT molecular complexity index is 439. The Morgan fingerprint density at radius 3 is 3.20 bits per heavy atom. The largest absolute Gasteiger partial charge is 0.383 e. The average Bonchev–Trinajstić information content (AvgIpc) is 2.89. The first kappa shape index (κ1) is 15.8. The molecule has 1 aliphatic heterocycles. The number of likely N-dealkylation sites (tertiary alicyclic amines) is 1. The van der Waals surface area contributed by atoms with Crippen molar-refractivity contribution in [1.29, 1.82) is 0 Å². The van der Waals surface area contributed by atoms with Gasteiger partial charge in [-0.05, 0) is 36.8 Å². The highest BCUT2D eigenvalue weighted by Gasteiger charge is 2.21. The van der Waals surface area contributed by atoms with Crippen LogP contribution in [0.25, 0.3) is 0 Å². The summed E-state index contributed by atoms with van der Waals surface area (Å²) in [4.78, 5) is 15.0. The summed E-state index contributed by atoms with van der Waals surface area (Å²) in [6, 6.07) is 1.76. The number of carbonyl (C=O) groups is 1. The minimum atomic E-state index is -0.0565. The number of nitrogens with one attached hydrogen (secondary N) is 1. The van der Waals surface area contributed by atoms with Crippen molar-refractivity contribution in [3.8, 4) is 0 Å². The third-order valence-corrected chi connectivity index (χ3v) is 4.93. The lowest BCUT2D eigenvalue weighted by molar-refractivity contribution is 0.0917. The number of amides is 1. The van der Waals surface area contributed by atoms with Gasteiger partial charge in [0.2, 0.25) is 0 Å². The molecule has 1 aliphatic rings. The molecule has 0 saturated carbocycles. The Balaban J connectivity index is 1.76. The summed E-state index contributed by atoms with van der Waals surface area (Å²) < 4.78 is 5.12. The SMILES string of the molecule is COCCN1CCC[C@H](CNC(=O)c2sccc2Cl)C1. The molecule has 0 radical (unpaired) electrons. The quantitative estimate of drug-likeness (QED) is 0.876. The minimum absolute atomic E-state index is 0.0565. The molecule has 112 valence electrons. The van der Waals surface area contributed by atoms with Crippen molar-refractivity contribution >= 4 is 28.8 Å². The van der Waals surface area contributed by atoms with Gasteiger partial charge in [-0.1, -0.05) is 11.6 Å². The topological polar surface area (TPSA) is 41.6 Å². The van der Waals surface area contributed by atoms with Crippen LogP contribution in [0.1, 0.15) is 22.5 Å².